The molecule has 1 fully saturated rings. The molecule has 1 unspecified atom stereocenters. The largest absolute Gasteiger partial charge is 0.494 e. The smallest absolute Gasteiger partial charge is 0.304 e. The van der Waals surface area contributed by atoms with Crippen LogP contribution in [0.25, 0.3) is 0 Å². The number of hydrogen-bond donors (Lipinski definition) is 1. The number of ether oxygens (including phenoxy) is 1. The lowest BCUT2D eigenvalue weighted by Crippen LogP contribution is -2.50. The summed E-state index contributed by atoms with van der Waals surface area (Å²) in [5.41, 5.74) is 0.591. The molecule has 1 saturated heterocycles. The maximum Gasteiger partial charge on any atom is 0.304 e. The number of piperidine rings is 1. The van der Waals surface area contributed by atoms with E-state index in [0.717, 1.165) is 6.42 Å². The summed E-state index contributed by atoms with van der Waals surface area (Å²) in [4.78, 5) is 13.9. The fourth-order valence-electron chi connectivity index (χ4n) is 3.77. The monoisotopic (exact) mass is 465 g/mol. The molecule has 1 N–H and O–H groups in total. The molecule has 0 aliphatic carbocycles. The van der Waals surface area contributed by atoms with Gasteiger partial charge < -0.3 is 10.1 Å². The molecule has 1 aromatic heterocycles. The van der Waals surface area contributed by atoms with Gasteiger partial charge in [0.15, 0.2) is 0 Å². The highest BCUT2D eigenvalue weighted by Gasteiger charge is 2.35. The lowest BCUT2D eigenvalue weighted by molar-refractivity contribution is -0.126. The highest BCUT2D eigenvalue weighted by molar-refractivity contribution is 7.90. The SMILES string of the molecule is CCOc1ccc(N(CC)S(=O)(=O)N2CCCC(C(=O)NCCc3cccs3)C2)cc1. The third kappa shape index (κ3) is 5.99. The zero-order chi connectivity index (χ0) is 22.3. The van der Waals surface area contributed by atoms with Gasteiger partial charge in [0.05, 0.1) is 18.2 Å². The number of nitrogens with zero attached hydrogens (tertiary/aromatic N) is 2. The minimum Gasteiger partial charge on any atom is -0.494 e. The van der Waals surface area contributed by atoms with E-state index in [1.54, 1.807) is 35.6 Å². The van der Waals surface area contributed by atoms with Crippen LogP contribution in [0.5, 0.6) is 5.75 Å². The van der Waals surface area contributed by atoms with E-state index >= 15 is 0 Å². The zero-order valence-electron chi connectivity index (χ0n) is 18.1. The molecule has 2 heterocycles. The predicted octanol–water partition coefficient (Wildman–Crippen LogP) is 3.29. The van der Waals surface area contributed by atoms with Crippen LogP contribution in [0.15, 0.2) is 41.8 Å². The average Bonchev–Trinajstić information content (AvgIpc) is 3.29. The van der Waals surface area contributed by atoms with Gasteiger partial charge in [0.1, 0.15) is 5.75 Å². The normalized spacial score (nSPS) is 17.3. The third-order valence-electron chi connectivity index (χ3n) is 5.33. The Bertz CT molecular complexity index is 930. The molecule has 9 heteroatoms. The fraction of sp³-hybridized carbons (Fsp3) is 0.500. The van der Waals surface area contributed by atoms with E-state index in [2.05, 4.69) is 5.32 Å². The summed E-state index contributed by atoms with van der Waals surface area (Å²) in [7, 11) is -3.73. The van der Waals surface area contributed by atoms with Gasteiger partial charge in [-0.15, -0.1) is 11.3 Å². The summed E-state index contributed by atoms with van der Waals surface area (Å²) in [6.07, 6.45) is 2.16. The number of nitrogens with one attached hydrogen (secondary N) is 1. The summed E-state index contributed by atoms with van der Waals surface area (Å²) in [5, 5.41) is 4.99. The second-order valence-electron chi connectivity index (χ2n) is 7.42. The number of thiophene rings is 1. The first-order valence-corrected chi connectivity index (χ1v) is 13.0. The molecule has 0 bridgehead atoms. The lowest BCUT2D eigenvalue weighted by atomic mass is 9.99. The standard InChI is InChI=1S/C22H31N3O4S2/c1-3-25(19-9-11-20(12-10-19)29-4-2)31(27,28)24-15-5-7-18(17-24)22(26)23-14-13-21-8-6-16-30-21/h6,8-12,16,18H,3-5,7,13-15,17H2,1-2H3,(H,23,26). The van der Waals surface area contributed by atoms with Gasteiger partial charge in [0.2, 0.25) is 5.91 Å². The van der Waals surface area contributed by atoms with Crippen molar-refractivity contribution in [3.05, 3.63) is 46.7 Å². The first-order valence-electron chi connectivity index (χ1n) is 10.8. The maximum absolute atomic E-state index is 13.4. The Balaban J connectivity index is 1.63. The molecule has 31 heavy (non-hydrogen) atoms. The van der Waals surface area contributed by atoms with Crippen LogP contribution in [-0.2, 0) is 21.4 Å². The Labute approximate surface area is 189 Å². The number of rotatable bonds is 10. The molecule has 3 rings (SSSR count). The molecular weight excluding hydrogens is 434 g/mol. The minimum absolute atomic E-state index is 0.0689. The summed E-state index contributed by atoms with van der Waals surface area (Å²) >= 11 is 1.67. The van der Waals surface area contributed by atoms with Crippen LogP contribution in [0.1, 0.15) is 31.6 Å². The van der Waals surface area contributed by atoms with Crippen LogP contribution in [-0.4, -0.2) is 51.4 Å². The summed E-state index contributed by atoms with van der Waals surface area (Å²) in [6.45, 7) is 5.78. The number of amides is 1. The van der Waals surface area contributed by atoms with Crippen LogP contribution >= 0.6 is 11.3 Å². The molecular formula is C22H31N3O4S2. The van der Waals surface area contributed by atoms with Gasteiger partial charge in [-0.25, -0.2) is 0 Å². The van der Waals surface area contributed by atoms with E-state index < -0.39 is 10.2 Å². The summed E-state index contributed by atoms with van der Waals surface area (Å²) < 4.78 is 35.0. The summed E-state index contributed by atoms with van der Waals surface area (Å²) in [5.74, 6) is 0.309. The minimum atomic E-state index is -3.73. The van der Waals surface area contributed by atoms with E-state index in [0.29, 0.717) is 50.5 Å². The van der Waals surface area contributed by atoms with Gasteiger partial charge in [0, 0.05) is 31.1 Å². The van der Waals surface area contributed by atoms with E-state index in [1.807, 2.05) is 31.4 Å². The van der Waals surface area contributed by atoms with E-state index in [1.165, 1.54) is 13.5 Å². The van der Waals surface area contributed by atoms with Crippen molar-refractivity contribution in [3.63, 3.8) is 0 Å². The molecule has 170 valence electrons. The Morgan fingerprint density at radius 2 is 2.03 bits per heavy atom. The van der Waals surface area contributed by atoms with Gasteiger partial charge in [0.25, 0.3) is 0 Å². The second kappa shape index (κ2) is 11.0. The van der Waals surface area contributed by atoms with Crippen molar-refractivity contribution in [1.82, 2.24) is 9.62 Å². The van der Waals surface area contributed by atoms with Crippen LogP contribution < -0.4 is 14.4 Å². The van der Waals surface area contributed by atoms with Crippen molar-refractivity contribution in [3.8, 4) is 5.75 Å². The second-order valence-corrected chi connectivity index (χ2v) is 10.3. The van der Waals surface area contributed by atoms with E-state index in [9.17, 15) is 13.2 Å². The fourth-order valence-corrected chi connectivity index (χ4v) is 6.20. The van der Waals surface area contributed by atoms with Crippen LogP contribution in [0.2, 0.25) is 0 Å². The van der Waals surface area contributed by atoms with Gasteiger partial charge in [-0.3, -0.25) is 9.10 Å². The molecule has 0 spiro atoms. The number of anilines is 1. The average molecular weight is 466 g/mol. The van der Waals surface area contributed by atoms with Crippen molar-refractivity contribution in [1.29, 1.82) is 0 Å². The zero-order valence-corrected chi connectivity index (χ0v) is 19.8. The van der Waals surface area contributed by atoms with Crippen molar-refractivity contribution in [2.24, 2.45) is 5.92 Å². The highest BCUT2D eigenvalue weighted by atomic mass is 32.2. The third-order valence-corrected chi connectivity index (χ3v) is 8.28. The van der Waals surface area contributed by atoms with Crippen LogP contribution in [0, 0.1) is 5.92 Å². The molecule has 1 aliphatic rings. The number of benzene rings is 1. The molecule has 1 amide bonds. The molecule has 1 atom stereocenters. The number of carbonyl (C=O) groups excluding carboxylic acids is 1. The molecule has 2 aromatic rings. The molecule has 1 aliphatic heterocycles. The van der Waals surface area contributed by atoms with Crippen molar-refractivity contribution >= 4 is 33.1 Å². The molecule has 1 aromatic carbocycles. The highest BCUT2D eigenvalue weighted by Crippen LogP contribution is 2.27. The summed E-state index contributed by atoms with van der Waals surface area (Å²) in [6, 6.07) is 11.1. The van der Waals surface area contributed by atoms with Crippen molar-refractivity contribution in [2.45, 2.75) is 33.1 Å². The maximum atomic E-state index is 13.4. The molecule has 0 radical (unpaired) electrons. The Morgan fingerprint density at radius 3 is 2.68 bits per heavy atom. The Kier molecular flexibility index (Phi) is 8.34. The first kappa shape index (κ1) is 23.6. The van der Waals surface area contributed by atoms with Gasteiger partial charge in [-0.1, -0.05) is 6.07 Å². The van der Waals surface area contributed by atoms with E-state index in [4.69, 9.17) is 4.74 Å². The van der Waals surface area contributed by atoms with Gasteiger partial charge in [-0.2, -0.15) is 12.7 Å². The topological polar surface area (TPSA) is 79.0 Å². The number of carbonyl (C=O) groups is 1. The lowest BCUT2D eigenvalue weighted by Gasteiger charge is -2.35. The van der Waals surface area contributed by atoms with Crippen molar-refractivity contribution in [2.75, 3.05) is 37.1 Å². The Hall–Kier alpha value is -2.10. The Morgan fingerprint density at radius 1 is 1.26 bits per heavy atom. The van der Waals surface area contributed by atoms with Gasteiger partial charge >= 0.3 is 10.2 Å². The van der Waals surface area contributed by atoms with E-state index in [-0.39, 0.29) is 18.4 Å². The van der Waals surface area contributed by atoms with Crippen LogP contribution in [0.3, 0.4) is 0 Å². The van der Waals surface area contributed by atoms with Gasteiger partial charge in [-0.05, 0) is 68.8 Å². The van der Waals surface area contributed by atoms with Crippen LogP contribution in [0.4, 0.5) is 5.69 Å². The molecule has 0 saturated carbocycles. The first-order chi connectivity index (χ1) is 15.0. The quantitative estimate of drug-likeness (QED) is 0.584. The number of hydrogen-bond acceptors (Lipinski definition) is 5. The molecule has 7 nitrogen and oxygen atoms in total. The van der Waals surface area contributed by atoms with Crippen molar-refractivity contribution < 1.29 is 17.9 Å². The predicted molar refractivity (Wildman–Crippen MR) is 125 cm³/mol.